The van der Waals surface area contributed by atoms with Crippen molar-refractivity contribution in [1.82, 2.24) is 20.2 Å². The summed E-state index contributed by atoms with van der Waals surface area (Å²) in [5.74, 6) is 0.403. The van der Waals surface area contributed by atoms with E-state index in [0.29, 0.717) is 11.7 Å². The Morgan fingerprint density at radius 2 is 2.17 bits per heavy atom. The summed E-state index contributed by atoms with van der Waals surface area (Å²) in [6.07, 6.45) is 2.63. The van der Waals surface area contributed by atoms with Crippen molar-refractivity contribution in [2.45, 2.75) is 19.8 Å². The number of anilines is 1. The Labute approximate surface area is 109 Å². The minimum absolute atomic E-state index is 0.188. The Balaban J connectivity index is 2.08. The molecule has 0 saturated carbocycles. The van der Waals surface area contributed by atoms with Crippen LogP contribution in [0.5, 0.6) is 0 Å². The molecule has 2 heterocycles. The van der Waals surface area contributed by atoms with Gasteiger partial charge in [0.25, 0.3) is 5.91 Å². The first kappa shape index (κ1) is 12.5. The molecular formula is C11H12ClN5O. The van der Waals surface area contributed by atoms with Crippen molar-refractivity contribution in [3.63, 3.8) is 0 Å². The molecule has 0 spiro atoms. The lowest BCUT2D eigenvalue weighted by Gasteiger charge is -2.00. The fourth-order valence-corrected chi connectivity index (χ4v) is 1.40. The van der Waals surface area contributed by atoms with Crippen molar-refractivity contribution in [2.75, 3.05) is 5.32 Å². The van der Waals surface area contributed by atoms with Crippen LogP contribution >= 0.6 is 11.6 Å². The highest BCUT2D eigenvalue weighted by molar-refractivity contribution is 6.29. The molecule has 0 radical (unpaired) electrons. The molecule has 0 atom stereocenters. The van der Waals surface area contributed by atoms with Gasteiger partial charge in [-0.3, -0.25) is 9.89 Å². The van der Waals surface area contributed by atoms with Gasteiger partial charge in [-0.1, -0.05) is 25.4 Å². The zero-order valence-corrected chi connectivity index (χ0v) is 10.7. The highest BCUT2D eigenvalue weighted by Gasteiger charge is 2.11. The fourth-order valence-electron chi connectivity index (χ4n) is 1.31. The van der Waals surface area contributed by atoms with E-state index in [2.05, 4.69) is 25.5 Å². The Bertz CT molecular complexity index is 549. The minimum Gasteiger partial charge on any atom is -0.304 e. The number of carbonyl (C=O) groups is 1. The van der Waals surface area contributed by atoms with Gasteiger partial charge in [0, 0.05) is 11.8 Å². The van der Waals surface area contributed by atoms with Gasteiger partial charge >= 0.3 is 0 Å². The first-order valence-electron chi connectivity index (χ1n) is 5.40. The summed E-state index contributed by atoms with van der Waals surface area (Å²) in [6.45, 7) is 4.06. The lowest BCUT2D eigenvalue weighted by atomic mass is 10.1. The summed E-state index contributed by atoms with van der Waals surface area (Å²) in [5.41, 5.74) is 1.14. The first-order chi connectivity index (χ1) is 8.56. The summed E-state index contributed by atoms with van der Waals surface area (Å²) in [4.78, 5) is 19.5. The van der Waals surface area contributed by atoms with Crippen molar-refractivity contribution in [2.24, 2.45) is 0 Å². The van der Waals surface area contributed by atoms with Crippen LogP contribution in [0.25, 0.3) is 0 Å². The third-order valence-electron chi connectivity index (χ3n) is 2.31. The SMILES string of the molecule is CC(C)c1cc(NC(=O)c2cnc(Cl)cn2)n[nH]1. The van der Waals surface area contributed by atoms with E-state index in [1.54, 1.807) is 6.07 Å². The molecule has 0 saturated heterocycles. The number of carbonyl (C=O) groups excluding carboxylic acids is 1. The predicted octanol–water partition coefficient (Wildman–Crippen LogP) is 2.23. The Hall–Kier alpha value is -1.95. The van der Waals surface area contributed by atoms with Gasteiger partial charge in [-0.25, -0.2) is 9.97 Å². The second-order valence-electron chi connectivity index (χ2n) is 4.04. The van der Waals surface area contributed by atoms with Gasteiger partial charge in [0.15, 0.2) is 5.82 Å². The van der Waals surface area contributed by atoms with E-state index in [4.69, 9.17) is 11.6 Å². The number of aromatic amines is 1. The average Bonchev–Trinajstić information content (AvgIpc) is 2.78. The summed E-state index contributed by atoms with van der Waals surface area (Å²) >= 11 is 5.59. The smallest absolute Gasteiger partial charge is 0.277 e. The molecule has 7 heteroatoms. The first-order valence-corrected chi connectivity index (χ1v) is 5.78. The number of nitrogens with one attached hydrogen (secondary N) is 2. The van der Waals surface area contributed by atoms with Crippen LogP contribution in [0, 0.1) is 0 Å². The molecule has 0 aliphatic rings. The molecule has 0 aliphatic carbocycles. The molecule has 0 bridgehead atoms. The third kappa shape index (κ3) is 2.84. The van der Waals surface area contributed by atoms with Gasteiger partial charge in [0.1, 0.15) is 10.8 Å². The largest absolute Gasteiger partial charge is 0.304 e. The number of aromatic nitrogens is 4. The van der Waals surface area contributed by atoms with Crippen molar-refractivity contribution in [3.05, 3.63) is 35.0 Å². The summed E-state index contributed by atoms with van der Waals surface area (Å²) in [6, 6.07) is 1.78. The Morgan fingerprint density at radius 3 is 2.72 bits per heavy atom. The van der Waals surface area contributed by atoms with Gasteiger partial charge in [-0.05, 0) is 5.92 Å². The van der Waals surface area contributed by atoms with Crippen molar-refractivity contribution in [1.29, 1.82) is 0 Å². The topological polar surface area (TPSA) is 83.6 Å². The molecule has 0 aromatic carbocycles. The summed E-state index contributed by atoms with van der Waals surface area (Å²) in [5, 5.41) is 9.71. The maximum absolute atomic E-state index is 11.8. The minimum atomic E-state index is -0.374. The molecule has 2 aromatic heterocycles. The van der Waals surface area contributed by atoms with E-state index < -0.39 is 0 Å². The molecule has 18 heavy (non-hydrogen) atoms. The molecule has 94 valence electrons. The fraction of sp³-hybridized carbons (Fsp3) is 0.273. The highest BCUT2D eigenvalue weighted by Crippen LogP contribution is 2.15. The van der Waals surface area contributed by atoms with Crippen LogP contribution in [0.2, 0.25) is 5.15 Å². The van der Waals surface area contributed by atoms with Crippen LogP contribution in [-0.2, 0) is 0 Å². The summed E-state index contributed by atoms with van der Waals surface area (Å²) in [7, 11) is 0. The second kappa shape index (κ2) is 5.14. The number of halogens is 1. The monoisotopic (exact) mass is 265 g/mol. The van der Waals surface area contributed by atoms with Crippen molar-refractivity contribution < 1.29 is 4.79 Å². The molecule has 6 nitrogen and oxygen atoms in total. The Morgan fingerprint density at radius 1 is 1.39 bits per heavy atom. The van der Waals surface area contributed by atoms with Gasteiger partial charge in [-0.15, -0.1) is 0 Å². The number of hydrogen-bond acceptors (Lipinski definition) is 4. The number of H-pyrrole nitrogens is 1. The third-order valence-corrected chi connectivity index (χ3v) is 2.51. The van der Waals surface area contributed by atoms with Crippen LogP contribution in [0.4, 0.5) is 5.82 Å². The molecular weight excluding hydrogens is 254 g/mol. The van der Waals surface area contributed by atoms with Crippen LogP contribution in [0.3, 0.4) is 0 Å². The van der Waals surface area contributed by atoms with Crippen LogP contribution in [0.1, 0.15) is 35.9 Å². The van der Waals surface area contributed by atoms with E-state index in [9.17, 15) is 4.79 Å². The molecule has 2 rings (SSSR count). The lowest BCUT2D eigenvalue weighted by Crippen LogP contribution is -2.14. The van der Waals surface area contributed by atoms with Gasteiger partial charge < -0.3 is 5.32 Å². The van der Waals surface area contributed by atoms with Crippen LogP contribution < -0.4 is 5.32 Å². The number of hydrogen-bond donors (Lipinski definition) is 2. The molecule has 0 aliphatic heterocycles. The number of nitrogens with zero attached hydrogens (tertiary/aromatic N) is 3. The lowest BCUT2D eigenvalue weighted by molar-refractivity contribution is 0.102. The van der Waals surface area contributed by atoms with Gasteiger partial charge in [0.05, 0.1) is 12.4 Å². The summed E-state index contributed by atoms with van der Waals surface area (Å²) < 4.78 is 0. The number of amides is 1. The van der Waals surface area contributed by atoms with Gasteiger partial charge in [-0.2, -0.15) is 5.10 Å². The van der Waals surface area contributed by atoms with Crippen LogP contribution in [-0.4, -0.2) is 26.1 Å². The second-order valence-corrected chi connectivity index (χ2v) is 4.43. The Kier molecular flexibility index (Phi) is 3.57. The number of rotatable bonds is 3. The van der Waals surface area contributed by atoms with E-state index >= 15 is 0 Å². The van der Waals surface area contributed by atoms with Crippen molar-refractivity contribution in [3.8, 4) is 0 Å². The molecule has 2 N–H and O–H groups in total. The average molecular weight is 266 g/mol. The normalized spacial score (nSPS) is 10.7. The standard InChI is InChI=1S/C11H12ClN5O/c1-6(2)7-3-10(17-16-7)15-11(18)8-4-14-9(12)5-13-8/h3-6H,1-2H3,(H2,15,16,17,18). The molecule has 0 fully saturated rings. The molecule has 0 unspecified atom stereocenters. The highest BCUT2D eigenvalue weighted by atomic mass is 35.5. The van der Waals surface area contributed by atoms with E-state index in [0.717, 1.165) is 5.69 Å². The maximum atomic E-state index is 11.8. The van der Waals surface area contributed by atoms with E-state index in [-0.39, 0.29) is 16.8 Å². The van der Waals surface area contributed by atoms with Gasteiger partial charge in [0.2, 0.25) is 0 Å². The maximum Gasteiger partial charge on any atom is 0.277 e. The molecule has 2 aromatic rings. The van der Waals surface area contributed by atoms with E-state index in [1.165, 1.54) is 12.4 Å². The zero-order valence-electron chi connectivity index (χ0n) is 9.94. The van der Waals surface area contributed by atoms with Crippen molar-refractivity contribution >= 4 is 23.3 Å². The van der Waals surface area contributed by atoms with E-state index in [1.807, 2.05) is 13.8 Å². The van der Waals surface area contributed by atoms with Crippen LogP contribution in [0.15, 0.2) is 18.5 Å². The molecule has 1 amide bonds. The zero-order chi connectivity index (χ0) is 13.1. The predicted molar refractivity (Wildman–Crippen MR) is 67.7 cm³/mol. The quantitative estimate of drug-likeness (QED) is 0.891.